The zero-order valence-electron chi connectivity index (χ0n) is 16.8. The van der Waals surface area contributed by atoms with Crippen molar-refractivity contribution >= 4 is 23.2 Å². The van der Waals surface area contributed by atoms with Gasteiger partial charge in [-0.2, -0.15) is 5.10 Å². The highest BCUT2D eigenvalue weighted by Gasteiger charge is 2.42. The largest absolute Gasteiger partial charge is 0.468 e. The minimum Gasteiger partial charge on any atom is -0.468 e. The Balaban J connectivity index is 2.01. The molecule has 8 heteroatoms. The van der Waals surface area contributed by atoms with Crippen LogP contribution in [-0.2, 0) is 16.6 Å². The number of nitrogens with zero attached hydrogens (tertiary/aromatic N) is 4. The fourth-order valence-electron chi connectivity index (χ4n) is 4.03. The third-order valence-corrected chi connectivity index (χ3v) is 5.37. The first kappa shape index (κ1) is 19.5. The van der Waals surface area contributed by atoms with Crippen LogP contribution in [0.4, 0.5) is 11.5 Å². The van der Waals surface area contributed by atoms with Gasteiger partial charge in [0.2, 0.25) is 0 Å². The van der Waals surface area contributed by atoms with Gasteiger partial charge in [-0.1, -0.05) is 42.5 Å². The molecule has 0 N–H and O–H groups in total. The third-order valence-electron chi connectivity index (χ3n) is 5.37. The highest BCUT2D eigenvalue weighted by atomic mass is 16.6. The minimum atomic E-state index is -0.712. The summed E-state index contributed by atoms with van der Waals surface area (Å²) in [5.74, 6) is -1.05. The average Bonchev–Trinajstić information content (AvgIpc) is 3.09. The lowest BCUT2D eigenvalue weighted by molar-refractivity contribution is -0.384. The second-order valence-corrected chi connectivity index (χ2v) is 7.16. The molecule has 3 aromatic rings. The molecule has 0 saturated carbocycles. The molecule has 0 radical (unpaired) electrons. The second-order valence-electron chi connectivity index (χ2n) is 7.16. The molecule has 1 aliphatic heterocycles. The van der Waals surface area contributed by atoms with Gasteiger partial charge in [0, 0.05) is 41.9 Å². The summed E-state index contributed by atoms with van der Waals surface area (Å²) >= 11 is 0. The number of ether oxygens (including phenoxy) is 1. The number of hydrogen-bond donors (Lipinski definition) is 0. The number of fused-ring (bicyclic) bond motifs is 1. The van der Waals surface area contributed by atoms with E-state index in [-0.39, 0.29) is 5.69 Å². The van der Waals surface area contributed by atoms with Gasteiger partial charge in [0.15, 0.2) is 5.82 Å². The number of carbonyl (C=O) groups excluding carboxylic acids is 1. The Morgan fingerprint density at radius 1 is 1.17 bits per heavy atom. The SMILES string of the molecule is COC(=O)C1C(C)=Nc2c(c(-c3ccccc3)nn2C)C1c1cccc([N+](=O)[O-])c1. The number of rotatable bonds is 4. The minimum absolute atomic E-state index is 0.0389. The Morgan fingerprint density at radius 2 is 1.90 bits per heavy atom. The number of aromatic nitrogens is 2. The van der Waals surface area contributed by atoms with Crippen LogP contribution in [0.15, 0.2) is 59.6 Å². The fraction of sp³-hybridized carbons (Fsp3) is 0.227. The van der Waals surface area contributed by atoms with E-state index in [9.17, 15) is 14.9 Å². The van der Waals surface area contributed by atoms with Crippen LogP contribution in [0.1, 0.15) is 24.0 Å². The zero-order valence-corrected chi connectivity index (χ0v) is 16.8. The van der Waals surface area contributed by atoms with E-state index in [0.29, 0.717) is 22.8 Å². The third kappa shape index (κ3) is 3.16. The highest BCUT2D eigenvalue weighted by Crippen LogP contribution is 2.47. The van der Waals surface area contributed by atoms with Gasteiger partial charge in [-0.05, 0) is 12.5 Å². The lowest BCUT2D eigenvalue weighted by Gasteiger charge is -2.29. The molecule has 8 nitrogen and oxygen atoms in total. The highest BCUT2D eigenvalue weighted by molar-refractivity contribution is 6.05. The van der Waals surface area contributed by atoms with Crippen molar-refractivity contribution in [1.82, 2.24) is 9.78 Å². The Labute approximate surface area is 173 Å². The van der Waals surface area contributed by atoms with E-state index in [2.05, 4.69) is 10.1 Å². The molecule has 0 aliphatic carbocycles. The number of nitro benzene ring substituents is 1. The maximum atomic E-state index is 12.8. The molecule has 0 spiro atoms. The van der Waals surface area contributed by atoms with E-state index in [1.165, 1.54) is 19.2 Å². The molecule has 1 aliphatic rings. The second kappa shape index (κ2) is 7.55. The van der Waals surface area contributed by atoms with Crippen molar-refractivity contribution < 1.29 is 14.5 Å². The summed E-state index contributed by atoms with van der Waals surface area (Å²) in [7, 11) is 3.13. The van der Waals surface area contributed by atoms with Gasteiger partial charge in [0.05, 0.1) is 17.7 Å². The maximum absolute atomic E-state index is 12.8. The first-order valence-electron chi connectivity index (χ1n) is 9.42. The number of aliphatic imine (C=N–C) groups is 1. The summed E-state index contributed by atoms with van der Waals surface area (Å²) in [6.07, 6.45) is 0. The molecule has 2 heterocycles. The van der Waals surface area contributed by atoms with Crippen LogP contribution in [0.25, 0.3) is 11.3 Å². The predicted octanol–water partition coefficient (Wildman–Crippen LogP) is 4.02. The van der Waals surface area contributed by atoms with Gasteiger partial charge in [0.25, 0.3) is 5.69 Å². The average molecular weight is 404 g/mol. The van der Waals surface area contributed by atoms with Crippen molar-refractivity contribution in [2.45, 2.75) is 12.8 Å². The summed E-state index contributed by atoms with van der Waals surface area (Å²) in [4.78, 5) is 28.4. The Hall–Kier alpha value is -3.81. The molecule has 1 aromatic heterocycles. The van der Waals surface area contributed by atoms with E-state index >= 15 is 0 Å². The lowest BCUT2D eigenvalue weighted by Crippen LogP contribution is -2.33. The number of esters is 1. The molecule has 2 atom stereocenters. The van der Waals surface area contributed by atoms with Crippen molar-refractivity contribution in [2.75, 3.05) is 7.11 Å². The number of non-ortho nitro benzene ring substituents is 1. The monoisotopic (exact) mass is 404 g/mol. The van der Waals surface area contributed by atoms with Crippen molar-refractivity contribution in [2.24, 2.45) is 18.0 Å². The van der Waals surface area contributed by atoms with Gasteiger partial charge in [-0.25, -0.2) is 4.99 Å². The summed E-state index contributed by atoms with van der Waals surface area (Å²) < 4.78 is 6.76. The van der Waals surface area contributed by atoms with Gasteiger partial charge < -0.3 is 4.74 Å². The first-order chi connectivity index (χ1) is 14.4. The zero-order chi connectivity index (χ0) is 21.4. The number of methoxy groups -OCH3 is 1. The van der Waals surface area contributed by atoms with Crippen LogP contribution in [0.2, 0.25) is 0 Å². The molecule has 0 saturated heterocycles. The Kier molecular flexibility index (Phi) is 4.91. The van der Waals surface area contributed by atoms with E-state index in [1.54, 1.807) is 30.8 Å². The van der Waals surface area contributed by atoms with Crippen molar-refractivity contribution in [1.29, 1.82) is 0 Å². The smallest absolute Gasteiger partial charge is 0.315 e. The van der Waals surface area contributed by atoms with Gasteiger partial charge in [-0.3, -0.25) is 19.6 Å². The topological polar surface area (TPSA) is 99.6 Å². The lowest BCUT2D eigenvalue weighted by atomic mass is 9.75. The number of hydrogen-bond acceptors (Lipinski definition) is 6. The quantitative estimate of drug-likeness (QED) is 0.371. The summed E-state index contributed by atoms with van der Waals surface area (Å²) in [6.45, 7) is 1.77. The number of aryl methyl sites for hydroxylation is 1. The summed E-state index contributed by atoms with van der Waals surface area (Å²) in [5.41, 5.74) is 3.50. The summed E-state index contributed by atoms with van der Waals surface area (Å²) in [5, 5.41) is 16.1. The van der Waals surface area contributed by atoms with Gasteiger partial charge >= 0.3 is 5.97 Å². The molecule has 2 unspecified atom stereocenters. The standard InChI is InChI=1S/C22H20N4O4/c1-13-17(22(27)30-3)18(15-10-7-11-16(12-15)26(28)29)19-20(14-8-5-4-6-9-14)24-25(2)21(19)23-13/h4-12,17-18H,1-3H3. The van der Waals surface area contributed by atoms with Crippen molar-refractivity contribution in [3.8, 4) is 11.3 Å². The van der Waals surface area contributed by atoms with Crippen LogP contribution >= 0.6 is 0 Å². The predicted molar refractivity (Wildman–Crippen MR) is 112 cm³/mol. The number of benzene rings is 2. The summed E-state index contributed by atoms with van der Waals surface area (Å²) in [6, 6.07) is 16.0. The van der Waals surface area contributed by atoms with Crippen molar-refractivity contribution in [3.63, 3.8) is 0 Å². The van der Waals surface area contributed by atoms with Gasteiger partial charge in [0.1, 0.15) is 5.92 Å². The maximum Gasteiger partial charge on any atom is 0.315 e. The Morgan fingerprint density at radius 3 is 2.57 bits per heavy atom. The normalized spacial score (nSPS) is 17.8. The van der Waals surface area contributed by atoms with E-state index in [0.717, 1.165) is 11.1 Å². The molecule has 4 rings (SSSR count). The molecule has 0 bridgehead atoms. The van der Waals surface area contributed by atoms with E-state index in [4.69, 9.17) is 4.74 Å². The van der Waals surface area contributed by atoms with Crippen LogP contribution in [0.5, 0.6) is 0 Å². The fourth-order valence-corrected chi connectivity index (χ4v) is 4.03. The first-order valence-corrected chi connectivity index (χ1v) is 9.42. The van der Waals surface area contributed by atoms with Gasteiger partial charge in [-0.15, -0.1) is 0 Å². The van der Waals surface area contributed by atoms with Crippen LogP contribution in [-0.4, -0.2) is 33.5 Å². The number of nitro groups is 1. The van der Waals surface area contributed by atoms with Crippen LogP contribution < -0.4 is 0 Å². The van der Waals surface area contributed by atoms with Crippen molar-refractivity contribution in [3.05, 3.63) is 75.8 Å². The molecular weight excluding hydrogens is 384 g/mol. The molecular formula is C22H20N4O4. The molecule has 0 fully saturated rings. The van der Waals surface area contributed by atoms with E-state index in [1.807, 2.05) is 30.3 Å². The molecule has 152 valence electrons. The molecule has 30 heavy (non-hydrogen) atoms. The van der Waals surface area contributed by atoms with E-state index < -0.39 is 22.7 Å². The number of carbonyl (C=O) groups is 1. The van der Waals surface area contributed by atoms with Crippen LogP contribution in [0, 0.1) is 16.0 Å². The molecule has 0 amide bonds. The Bertz CT molecular complexity index is 1170. The molecule has 2 aromatic carbocycles. The van der Waals surface area contributed by atoms with Crippen LogP contribution in [0.3, 0.4) is 0 Å².